The van der Waals surface area contributed by atoms with Gasteiger partial charge in [-0.05, 0) is 37.6 Å². The summed E-state index contributed by atoms with van der Waals surface area (Å²) < 4.78 is 25.4. The van der Waals surface area contributed by atoms with Crippen molar-refractivity contribution < 1.29 is 18.7 Å². The normalized spacial score (nSPS) is 16.0. The zero-order valence-electron chi connectivity index (χ0n) is 16.4. The van der Waals surface area contributed by atoms with Crippen molar-refractivity contribution in [2.24, 2.45) is 0 Å². The molecule has 2 aromatic rings. The van der Waals surface area contributed by atoms with Crippen LogP contribution in [-0.2, 0) is 16.1 Å². The van der Waals surface area contributed by atoms with Crippen LogP contribution < -0.4 is 10.1 Å². The van der Waals surface area contributed by atoms with E-state index in [1.165, 1.54) is 6.07 Å². The summed E-state index contributed by atoms with van der Waals surface area (Å²) in [7, 11) is 0. The lowest BCUT2D eigenvalue weighted by molar-refractivity contribution is -0.128. The van der Waals surface area contributed by atoms with E-state index in [0.29, 0.717) is 38.4 Å². The number of amides is 1. The van der Waals surface area contributed by atoms with Gasteiger partial charge in [-0.2, -0.15) is 0 Å². The second-order valence-electron chi connectivity index (χ2n) is 7.10. The van der Waals surface area contributed by atoms with Gasteiger partial charge in [-0.3, -0.25) is 9.69 Å². The minimum Gasteiger partial charge on any atom is -0.491 e. The molecule has 0 bridgehead atoms. The Morgan fingerprint density at radius 1 is 1.14 bits per heavy atom. The number of morpholine rings is 1. The third-order valence-corrected chi connectivity index (χ3v) is 4.62. The summed E-state index contributed by atoms with van der Waals surface area (Å²) in [6.07, 6.45) is 0.112. The Bertz CT molecular complexity index is 774. The molecule has 1 saturated heterocycles. The van der Waals surface area contributed by atoms with Gasteiger partial charge in [-0.25, -0.2) is 4.39 Å². The maximum atomic E-state index is 14.4. The number of benzene rings is 2. The summed E-state index contributed by atoms with van der Waals surface area (Å²) in [5.41, 5.74) is 1.35. The van der Waals surface area contributed by atoms with Gasteiger partial charge in [-0.15, -0.1) is 0 Å². The fourth-order valence-corrected chi connectivity index (χ4v) is 3.28. The van der Waals surface area contributed by atoms with Crippen LogP contribution in [-0.4, -0.2) is 43.2 Å². The molecule has 2 aromatic carbocycles. The lowest BCUT2D eigenvalue weighted by atomic mass is 10.0. The smallest absolute Gasteiger partial charge is 0.242 e. The van der Waals surface area contributed by atoms with Crippen LogP contribution in [0, 0.1) is 5.82 Å². The Morgan fingerprint density at radius 3 is 2.46 bits per heavy atom. The molecular weight excluding hydrogens is 359 g/mol. The number of carbonyl (C=O) groups excluding carboxylic acids is 1. The molecule has 1 aliphatic heterocycles. The van der Waals surface area contributed by atoms with Gasteiger partial charge in [0.15, 0.2) is 0 Å². The molecule has 0 spiro atoms. The molecule has 0 unspecified atom stereocenters. The van der Waals surface area contributed by atoms with Gasteiger partial charge in [0.1, 0.15) is 17.6 Å². The molecule has 1 heterocycles. The quantitative estimate of drug-likeness (QED) is 0.793. The SMILES string of the molecule is CC(C)Oc1ccc(CNC(=O)[C@@H](c2ccccc2F)N2CCOCC2)cc1. The third-order valence-electron chi connectivity index (χ3n) is 4.62. The predicted octanol–water partition coefficient (Wildman–Crippen LogP) is 3.30. The summed E-state index contributed by atoms with van der Waals surface area (Å²) in [4.78, 5) is 15.0. The van der Waals surface area contributed by atoms with Gasteiger partial charge >= 0.3 is 0 Å². The standard InChI is InChI=1S/C22H27FN2O3/c1-16(2)28-18-9-7-17(8-10-18)15-24-22(26)21(25-11-13-27-14-12-25)19-5-3-4-6-20(19)23/h3-10,16,21H,11-15H2,1-2H3,(H,24,26)/t21-/m1/s1. The topological polar surface area (TPSA) is 50.8 Å². The fraction of sp³-hybridized carbons (Fsp3) is 0.409. The molecule has 1 N–H and O–H groups in total. The van der Waals surface area contributed by atoms with E-state index in [9.17, 15) is 9.18 Å². The summed E-state index contributed by atoms with van der Waals surface area (Å²) >= 11 is 0. The van der Waals surface area contributed by atoms with E-state index in [1.807, 2.05) is 43.0 Å². The largest absolute Gasteiger partial charge is 0.491 e. The van der Waals surface area contributed by atoms with Crippen molar-refractivity contribution in [2.75, 3.05) is 26.3 Å². The monoisotopic (exact) mass is 386 g/mol. The summed E-state index contributed by atoms with van der Waals surface area (Å²) in [6, 6.07) is 13.4. The highest BCUT2D eigenvalue weighted by atomic mass is 19.1. The summed E-state index contributed by atoms with van der Waals surface area (Å²) in [5.74, 6) is 0.210. The van der Waals surface area contributed by atoms with Crippen LogP contribution in [0.4, 0.5) is 4.39 Å². The molecule has 1 aliphatic rings. The van der Waals surface area contributed by atoms with E-state index in [1.54, 1.807) is 18.2 Å². The van der Waals surface area contributed by atoms with Gasteiger partial charge in [0, 0.05) is 25.2 Å². The molecule has 5 nitrogen and oxygen atoms in total. The van der Waals surface area contributed by atoms with Gasteiger partial charge in [0.05, 0.1) is 19.3 Å². The van der Waals surface area contributed by atoms with Crippen molar-refractivity contribution >= 4 is 5.91 Å². The molecule has 1 amide bonds. The number of ether oxygens (including phenoxy) is 2. The van der Waals surface area contributed by atoms with Crippen LogP contribution in [0.1, 0.15) is 31.0 Å². The van der Waals surface area contributed by atoms with Crippen molar-refractivity contribution in [3.05, 3.63) is 65.5 Å². The van der Waals surface area contributed by atoms with Crippen molar-refractivity contribution in [3.8, 4) is 5.75 Å². The first-order valence-corrected chi connectivity index (χ1v) is 9.64. The molecule has 6 heteroatoms. The van der Waals surface area contributed by atoms with Crippen LogP contribution in [0.2, 0.25) is 0 Å². The molecule has 0 aliphatic carbocycles. The number of nitrogens with one attached hydrogen (secondary N) is 1. The number of rotatable bonds is 7. The first-order chi connectivity index (χ1) is 13.5. The summed E-state index contributed by atoms with van der Waals surface area (Å²) in [6.45, 7) is 6.58. The molecule has 0 saturated carbocycles. The molecule has 1 atom stereocenters. The maximum Gasteiger partial charge on any atom is 0.242 e. The van der Waals surface area contributed by atoms with Crippen LogP contribution in [0.15, 0.2) is 48.5 Å². The van der Waals surface area contributed by atoms with E-state index in [4.69, 9.17) is 9.47 Å². The first kappa shape index (κ1) is 20.3. The summed E-state index contributed by atoms with van der Waals surface area (Å²) in [5, 5.41) is 2.95. The lowest BCUT2D eigenvalue weighted by Gasteiger charge is -2.34. The lowest BCUT2D eigenvalue weighted by Crippen LogP contribution is -2.46. The Morgan fingerprint density at radius 2 is 1.82 bits per heavy atom. The van der Waals surface area contributed by atoms with Crippen LogP contribution in [0.25, 0.3) is 0 Å². The molecule has 150 valence electrons. The Balaban J connectivity index is 1.70. The van der Waals surface area contributed by atoms with Crippen molar-refractivity contribution in [1.82, 2.24) is 10.2 Å². The highest BCUT2D eigenvalue weighted by Gasteiger charge is 2.30. The number of carbonyl (C=O) groups is 1. The van der Waals surface area contributed by atoms with Gasteiger partial charge in [0.2, 0.25) is 5.91 Å². The van der Waals surface area contributed by atoms with Gasteiger partial charge < -0.3 is 14.8 Å². The number of hydrogen-bond acceptors (Lipinski definition) is 4. The van der Waals surface area contributed by atoms with Crippen molar-refractivity contribution in [2.45, 2.75) is 32.5 Å². The van der Waals surface area contributed by atoms with Crippen molar-refractivity contribution in [3.63, 3.8) is 0 Å². The van der Waals surface area contributed by atoms with Crippen LogP contribution in [0.5, 0.6) is 5.75 Å². The van der Waals surface area contributed by atoms with E-state index in [2.05, 4.69) is 5.32 Å². The zero-order chi connectivity index (χ0) is 19.9. The van der Waals surface area contributed by atoms with E-state index < -0.39 is 6.04 Å². The Kier molecular flexibility index (Phi) is 7.01. The van der Waals surface area contributed by atoms with E-state index >= 15 is 0 Å². The van der Waals surface area contributed by atoms with Crippen LogP contribution in [0.3, 0.4) is 0 Å². The first-order valence-electron chi connectivity index (χ1n) is 9.64. The average Bonchev–Trinajstić information content (AvgIpc) is 2.69. The third kappa shape index (κ3) is 5.30. The number of hydrogen-bond donors (Lipinski definition) is 1. The van der Waals surface area contributed by atoms with Crippen LogP contribution >= 0.6 is 0 Å². The molecule has 0 radical (unpaired) electrons. The highest BCUT2D eigenvalue weighted by molar-refractivity contribution is 5.83. The maximum absolute atomic E-state index is 14.4. The van der Waals surface area contributed by atoms with Crippen molar-refractivity contribution in [1.29, 1.82) is 0 Å². The Labute approximate surface area is 165 Å². The van der Waals surface area contributed by atoms with Gasteiger partial charge in [0.25, 0.3) is 0 Å². The zero-order valence-corrected chi connectivity index (χ0v) is 16.4. The number of nitrogens with zero attached hydrogens (tertiary/aromatic N) is 1. The molecular formula is C22H27FN2O3. The molecule has 0 aromatic heterocycles. The highest BCUT2D eigenvalue weighted by Crippen LogP contribution is 2.25. The molecule has 3 rings (SSSR count). The molecule has 28 heavy (non-hydrogen) atoms. The van der Waals surface area contributed by atoms with E-state index in [0.717, 1.165) is 11.3 Å². The van der Waals surface area contributed by atoms with Gasteiger partial charge in [-0.1, -0.05) is 30.3 Å². The molecule has 1 fully saturated rings. The van der Waals surface area contributed by atoms with E-state index in [-0.39, 0.29) is 17.8 Å². The minimum absolute atomic E-state index is 0.112. The number of halogens is 1. The Hall–Kier alpha value is -2.44. The average molecular weight is 386 g/mol. The second kappa shape index (κ2) is 9.66. The fourth-order valence-electron chi connectivity index (χ4n) is 3.28. The minimum atomic E-state index is -0.673. The predicted molar refractivity (Wildman–Crippen MR) is 106 cm³/mol. The second-order valence-corrected chi connectivity index (χ2v) is 7.10.